The molecule has 1 N–H and O–H groups in total. The quantitative estimate of drug-likeness (QED) is 0.459. The Morgan fingerprint density at radius 3 is 2.44 bits per heavy atom. The van der Waals surface area contributed by atoms with Gasteiger partial charge < -0.3 is 0 Å². The summed E-state index contributed by atoms with van der Waals surface area (Å²) in [5.74, 6) is -0.189. The first kappa shape index (κ1) is 22.2. The molecule has 34 heavy (non-hydrogen) atoms. The Balaban J connectivity index is 1.27. The average molecular weight is 477 g/mol. The summed E-state index contributed by atoms with van der Waals surface area (Å²) in [5, 5.41) is 10.7. The van der Waals surface area contributed by atoms with E-state index >= 15 is 0 Å². The Kier molecular flexibility index (Phi) is 6.10. The van der Waals surface area contributed by atoms with E-state index in [0.29, 0.717) is 31.8 Å². The monoisotopic (exact) mass is 476 g/mol. The highest BCUT2D eigenvalue weighted by Gasteiger charge is 2.29. The summed E-state index contributed by atoms with van der Waals surface area (Å²) in [4.78, 5) is 15.2. The van der Waals surface area contributed by atoms with Crippen LogP contribution in [0.2, 0.25) is 0 Å². The molecule has 10 heteroatoms. The van der Waals surface area contributed by atoms with Crippen LogP contribution in [0.3, 0.4) is 0 Å². The van der Waals surface area contributed by atoms with E-state index < -0.39 is 15.9 Å². The second kappa shape index (κ2) is 9.34. The molecule has 0 radical (unpaired) electrons. The molecule has 9 nitrogen and oxygen atoms in total. The number of rotatable bonds is 6. The number of aromatic nitrogens is 3. The van der Waals surface area contributed by atoms with Crippen LogP contribution >= 0.6 is 0 Å². The Morgan fingerprint density at radius 1 is 0.882 bits per heavy atom. The molecule has 0 bridgehead atoms. The summed E-state index contributed by atoms with van der Waals surface area (Å²) < 4.78 is 29.7. The minimum atomic E-state index is -3.72. The first-order valence-electron chi connectivity index (χ1n) is 11.0. The number of hydrogen-bond acceptors (Lipinski definition) is 6. The van der Waals surface area contributed by atoms with Crippen molar-refractivity contribution in [1.29, 1.82) is 0 Å². The lowest BCUT2D eigenvalue weighted by Gasteiger charge is -2.34. The van der Waals surface area contributed by atoms with Gasteiger partial charge in [-0.05, 0) is 35.9 Å². The molecule has 4 aromatic rings. The number of carbonyl (C=O) groups excluding carboxylic acids is 1. The van der Waals surface area contributed by atoms with Crippen molar-refractivity contribution in [1.82, 2.24) is 23.8 Å². The Bertz CT molecular complexity index is 1410. The fourth-order valence-electron chi connectivity index (χ4n) is 4.02. The Morgan fingerprint density at radius 2 is 1.65 bits per heavy atom. The van der Waals surface area contributed by atoms with E-state index in [2.05, 4.69) is 32.5 Å². The van der Waals surface area contributed by atoms with Gasteiger partial charge in [-0.1, -0.05) is 42.5 Å². The van der Waals surface area contributed by atoms with Crippen LogP contribution in [0.4, 0.5) is 5.95 Å². The normalized spacial score (nSPS) is 15.4. The fraction of sp³-hybridized carbons (Fsp3) is 0.208. The van der Waals surface area contributed by atoms with E-state index in [4.69, 9.17) is 0 Å². The van der Waals surface area contributed by atoms with E-state index in [9.17, 15) is 13.2 Å². The molecular formula is C24H24N6O3S. The summed E-state index contributed by atoms with van der Waals surface area (Å²) in [6.07, 6.45) is 1.74. The largest absolute Gasteiger partial charge is 0.296 e. The molecule has 0 atom stereocenters. The van der Waals surface area contributed by atoms with Gasteiger partial charge in [-0.15, -0.1) is 10.2 Å². The van der Waals surface area contributed by atoms with Gasteiger partial charge in [0.2, 0.25) is 16.0 Å². The molecule has 1 amide bonds. The lowest BCUT2D eigenvalue weighted by Crippen LogP contribution is -2.48. The number of sulfonamides is 1. The zero-order chi connectivity index (χ0) is 23.5. The van der Waals surface area contributed by atoms with Crippen LogP contribution in [0.5, 0.6) is 0 Å². The third-order valence-corrected chi connectivity index (χ3v) is 7.75. The zero-order valence-electron chi connectivity index (χ0n) is 18.4. The molecule has 3 heterocycles. The van der Waals surface area contributed by atoms with Gasteiger partial charge in [0, 0.05) is 44.5 Å². The smallest absolute Gasteiger partial charge is 0.258 e. The molecule has 1 aliphatic heterocycles. The molecule has 0 aliphatic carbocycles. The molecule has 2 aromatic carbocycles. The highest BCUT2D eigenvalue weighted by atomic mass is 32.2. The lowest BCUT2D eigenvalue weighted by atomic mass is 10.2. The van der Waals surface area contributed by atoms with Crippen LogP contribution in [0.1, 0.15) is 15.9 Å². The van der Waals surface area contributed by atoms with E-state index in [1.807, 2.05) is 24.3 Å². The van der Waals surface area contributed by atoms with Gasteiger partial charge in [-0.25, -0.2) is 8.42 Å². The van der Waals surface area contributed by atoms with Gasteiger partial charge in [-0.2, -0.15) is 4.31 Å². The number of anilines is 1. The van der Waals surface area contributed by atoms with Crippen molar-refractivity contribution in [2.45, 2.75) is 11.4 Å². The number of nitrogens with one attached hydrogen (secondary N) is 1. The number of benzene rings is 2. The Hall–Kier alpha value is -3.60. The van der Waals surface area contributed by atoms with Gasteiger partial charge in [0.25, 0.3) is 5.91 Å². The van der Waals surface area contributed by atoms with Crippen LogP contribution in [-0.4, -0.2) is 64.3 Å². The first-order chi connectivity index (χ1) is 16.5. The van der Waals surface area contributed by atoms with Crippen molar-refractivity contribution < 1.29 is 13.2 Å². The molecule has 174 valence electrons. The Labute approximate surface area is 197 Å². The third-order valence-electron chi connectivity index (χ3n) is 5.85. The zero-order valence-corrected chi connectivity index (χ0v) is 19.2. The molecule has 1 fully saturated rings. The van der Waals surface area contributed by atoms with E-state index in [1.54, 1.807) is 34.9 Å². The third kappa shape index (κ3) is 4.56. The number of fused-ring (bicyclic) bond motifs is 1. The first-order valence-corrected chi connectivity index (χ1v) is 12.4. The summed E-state index contributed by atoms with van der Waals surface area (Å²) >= 11 is 0. The molecule has 1 aliphatic rings. The van der Waals surface area contributed by atoms with Crippen molar-refractivity contribution >= 4 is 27.5 Å². The van der Waals surface area contributed by atoms with Crippen molar-refractivity contribution in [2.24, 2.45) is 0 Å². The molecule has 0 saturated carbocycles. The van der Waals surface area contributed by atoms with Crippen molar-refractivity contribution in [3.63, 3.8) is 0 Å². The van der Waals surface area contributed by atoms with Crippen LogP contribution < -0.4 is 5.32 Å². The lowest BCUT2D eigenvalue weighted by molar-refractivity contribution is 0.102. The predicted molar refractivity (Wildman–Crippen MR) is 128 cm³/mol. The number of pyridine rings is 1. The highest BCUT2D eigenvalue weighted by molar-refractivity contribution is 7.89. The highest BCUT2D eigenvalue weighted by Crippen LogP contribution is 2.20. The second-order valence-corrected chi connectivity index (χ2v) is 10.0. The summed E-state index contributed by atoms with van der Waals surface area (Å²) in [5.41, 5.74) is 2.04. The van der Waals surface area contributed by atoms with E-state index in [0.717, 1.165) is 6.54 Å². The van der Waals surface area contributed by atoms with Crippen molar-refractivity contribution in [2.75, 3.05) is 31.5 Å². The molecule has 5 rings (SSSR count). The summed E-state index contributed by atoms with van der Waals surface area (Å²) in [6, 6.07) is 21.6. The maximum atomic E-state index is 13.3. The van der Waals surface area contributed by atoms with Crippen molar-refractivity contribution in [3.05, 3.63) is 90.1 Å². The molecule has 2 aromatic heterocycles. The number of piperazine rings is 1. The molecule has 0 unspecified atom stereocenters. The van der Waals surface area contributed by atoms with Gasteiger partial charge in [-0.3, -0.25) is 19.4 Å². The average Bonchev–Trinajstić information content (AvgIpc) is 3.28. The standard InChI is InChI=1S/C24H24N6O3S/c31-23(25-24-27-26-22-11-4-5-12-30(22)24)20-9-6-10-21(17-20)34(32,33)29-15-13-28(14-16-29)18-19-7-2-1-3-8-19/h1-12,17H,13-16,18H2,(H,25,27,31). The molecule has 1 saturated heterocycles. The predicted octanol–water partition coefficient (Wildman–Crippen LogP) is 2.49. The van der Waals surface area contributed by atoms with Gasteiger partial charge in [0.1, 0.15) is 0 Å². The topological polar surface area (TPSA) is 99.9 Å². The second-order valence-electron chi connectivity index (χ2n) is 8.10. The van der Waals surface area contributed by atoms with Crippen LogP contribution in [0, 0.1) is 0 Å². The molecular weight excluding hydrogens is 452 g/mol. The minimum absolute atomic E-state index is 0.0998. The minimum Gasteiger partial charge on any atom is -0.296 e. The summed E-state index contributed by atoms with van der Waals surface area (Å²) in [6.45, 7) is 2.89. The number of hydrogen-bond donors (Lipinski definition) is 1. The molecule has 0 spiro atoms. The number of amides is 1. The van der Waals surface area contributed by atoms with E-state index in [1.165, 1.54) is 22.0 Å². The van der Waals surface area contributed by atoms with Crippen LogP contribution in [0.25, 0.3) is 5.65 Å². The summed E-state index contributed by atoms with van der Waals surface area (Å²) in [7, 11) is -3.72. The number of carbonyl (C=O) groups is 1. The maximum Gasteiger partial charge on any atom is 0.258 e. The van der Waals surface area contributed by atoms with Crippen molar-refractivity contribution in [3.8, 4) is 0 Å². The SMILES string of the molecule is O=C(Nc1nnc2ccccn12)c1cccc(S(=O)(=O)N2CCN(Cc3ccccc3)CC2)c1. The van der Waals surface area contributed by atoms with Gasteiger partial charge in [0.05, 0.1) is 4.90 Å². The van der Waals surface area contributed by atoms with E-state index in [-0.39, 0.29) is 16.4 Å². The van der Waals surface area contributed by atoms with Gasteiger partial charge >= 0.3 is 0 Å². The van der Waals surface area contributed by atoms with Crippen LogP contribution in [-0.2, 0) is 16.6 Å². The maximum absolute atomic E-state index is 13.3. The number of nitrogens with zero attached hydrogens (tertiary/aromatic N) is 5. The van der Waals surface area contributed by atoms with Gasteiger partial charge in [0.15, 0.2) is 5.65 Å². The fourth-order valence-corrected chi connectivity index (χ4v) is 5.49. The van der Waals surface area contributed by atoms with Crippen LogP contribution in [0.15, 0.2) is 83.9 Å².